The highest BCUT2D eigenvalue weighted by atomic mass is 16.5. The molecule has 1 aromatic carbocycles. The average Bonchev–Trinajstić information content (AvgIpc) is 3.23. The van der Waals surface area contributed by atoms with Crippen molar-refractivity contribution in [2.45, 2.75) is 25.4 Å². The highest BCUT2D eigenvalue weighted by Gasteiger charge is 2.15. The second kappa shape index (κ2) is 8.70. The standard InChI is InChI=1S/C18H24N2O4/c21-18(20-9-11-22-13-16-5-3-10-23-16)19-8-7-15-12-14-4-1-2-6-17(14)24-15/h1-2,4,6,12,16H,3,5,7-11,13H2,(H2,19,20,21)/t16-/m1/s1. The molecule has 0 radical (unpaired) electrons. The Morgan fingerprint density at radius 1 is 1.25 bits per heavy atom. The molecular weight excluding hydrogens is 308 g/mol. The third kappa shape index (κ3) is 4.97. The number of urea groups is 1. The molecule has 2 N–H and O–H groups in total. The largest absolute Gasteiger partial charge is 0.461 e. The van der Waals surface area contributed by atoms with Crippen molar-refractivity contribution in [1.29, 1.82) is 0 Å². The molecule has 24 heavy (non-hydrogen) atoms. The van der Waals surface area contributed by atoms with Crippen molar-refractivity contribution in [3.05, 3.63) is 36.1 Å². The van der Waals surface area contributed by atoms with Crippen LogP contribution in [0.15, 0.2) is 34.7 Å². The molecule has 0 bridgehead atoms. The van der Waals surface area contributed by atoms with Crippen molar-refractivity contribution < 1.29 is 18.7 Å². The molecule has 1 aliphatic rings. The first-order valence-corrected chi connectivity index (χ1v) is 8.50. The van der Waals surface area contributed by atoms with Crippen LogP contribution in [0.2, 0.25) is 0 Å². The molecular formula is C18H24N2O4. The van der Waals surface area contributed by atoms with Crippen LogP contribution < -0.4 is 10.6 Å². The summed E-state index contributed by atoms with van der Waals surface area (Å²) in [6, 6.07) is 9.70. The monoisotopic (exact) mass is 332 g/mol. The Bertz CT molecular complexity index is 616. The van der Waals surface area contributed by atoms with Gasteiger partial charge >= 0.3 is 6.03 Å². The lowest BCUT2D eigenvalue weighted by Crippen LogP contribution is -2.38. The van der Waals surface area contributed by atoms with Crippen LogP contribution in [-0.2, 0) is 15.9 Å². The number of benzene rings is 1. The minimum Gasteiger partial charge on any atom is -0.461 e. The minimum atomic E-state index is -0.188. The first-order valence-electron chi connectivity index (χ1n) is 8.50. The number of fused-ring (bicyclic) bond motifs is 1. The molecule has 3 rings (SSSR count). The van der Waals surface area contributed by atoms with Crippen LogP contribution in [0.4, 0.5) is 4.79 Å². The molecule has 1 aliphatic heterocycles. The number of hydrogen-bond donors (Lipinski definition) is 2. The Balaban J connectivity index is 1.25. The van der Waals surface area contributed by atoms with Gasteiger partial charge in [0.25, 0.3) is 0 Å². The van der Waals surface area contributed by atoms with Crippen molar-refractivity contribution in [1.82, 2.24) is 10.6 Å². The van der Waals surface area contributed by atoms with Crippen LogP contribution in [0.5, 0.6) is 0 Å². The summed E-state index contributed by atoms with van der Waals surface area (Å²) < 4.78 is 16.7. The highest BCUT2D eigenvalue weighted by molar-refractivity contribution is 5.77. The molecule has 2 amide bonds. The van der Waals surface area contributed by atoms with Gasteiger partial charge in [0.05, 0.1) is 19.3 Å². The Hall–Kier alpha value is -2.05. The summed E-state index contributed by atoms with van der Waals surface area (Å²) in [6.45, 7) is 2.96. The Morgan fingerprint density at radius 2 is 2.12 bits per heavy atom. The normalized spacial score (nSPS) is 17.2. The van der Waals surface area contributed by atoms with E-state index in [4.69, 9.17) is 13.9 Å². The molecule has 1 atom stereocenters. The number of amides is 2. The average molecular weight is 332 g/mol. The molecule has 6 heteroatoms. The third-order valence-corrected chi connectivity index (χ3v) is 3.99. The number of ether oxygens (including phenoxy) is 2. The lowest BCUT2D eigenvalue weighted by Gasteiger charge is -2.11. The van der Waals surface area contributed by atoms with E-state index in [-0.39, 0.29) is 12.1 Å². The highest BCUT2D eigenvalue weighted by Crippen LogP contribution is 2.18. The molecule has 2 aromatic rings. The fourth-order valence-electron chi connectivity index (χ4n) is 2.75. The van der Waals surface area contributed by atoms with E-state index >= 15 is 0 Å². The second-order valence-electron chi connectivity index (χ2n) is 5.89. The van der Waals surface area contributed by atoms with E-state index in [1.807, 2.05) is 30.3 Å². The topological polar surface area (TPSA) is 72.7 Å². The fraction of sp³-hybridized carbons (Fsp3) is 0.500. The van der Waals surface area contributed by atoms with E-state index in [9.17, 15) is 4.79 Å². The van der Waals surface area contributed by atoms with E-state index in [1.165, 1.54) is 0 Å². The van der Waals surface area contributed by atoms with Crippen LogP contribution >= 0.6 is 0 Å². The van der Waals surface area contributed by atoms with Crippen LogP contribution in [-0.4, -0.2) is 45.0 Å². The van der Waals surface area contributed by atoms with Crippen LogP contribution in [0, 0.1) is 0 Å². The van der Waals surface area contributed by atoms with Crippen molar-refractivity contribution in [3.8, 4) is 0 Å². The van der Waals surface area contributed by atoms with E-state index in [2.05, 4.69) is 10.6 Å². The zero-order chi connectivity index (χ0) is 16.6. The molecule has 0 unspecified atom stereocenters. The fourth-order valence-corrected chi connectivity index (χ4v) is 2.75. The molecule has 0 saturated carbocycles. The van der Waals surface area contributed by atoms with Gasteiger partial charge in [-0.05, 0) is 25.0 Å². The summed E-state index contributed by atoms with van der Waals surface area (Å²) in [5.74, 6) is 0.872. The summed E-state index contributed by atoms with van der Waals surface area (Å²) in [4.78, 5) is 11.7. The SMILES string of the molecule is O=C(NCCOC[C@H]1CCCO1)NCCc1cc2ccccc2o1. The van der Waals surface area contributed by atoms with Crippen molar-refractivity contribution in [2.75, 3.05) is 32.9 Å². The number of furan rings is 1. The van der Waals surface area contributed by atoms with Gasteiger partial charge in [-0.2, -0.15) is 0 Å². The lowest BCUT2D eigenvalue weighted by atomic mass is 10.2. The zero-order valence-electron chi connectivity index (χ0n) is 13.8. The van der Waals surface area contributed by atoms with Gasteiger partial charge in [-0.3, -0.25) is 0 Å². The Morgan fingerprint density at radius 3 is 2.96 bits per heavy atom. The van der Waals surface area contributed by atoms with Gasteiger partial charge in [0, 0.05) is 31.5 Å². The summed E-state index contributed by atoms with van der Waals surface area (Å²) in [5, 5.41) is 6.68. The number of rotatable bonds is 8. The number of nitrogens with one attached hydrogen (secondary N) is 2. The van der Waals surface area contributed by atoms with Gasteiger partial charge in [-0.15, -0.1) is 0 Å². The molecule has 1 fully saturated rings. The molecule has 1 saturated heterocycles. The molecule has 2 heterocycles. The van der Waals surface area contributed by atoms with Gasteiger partial charge in [0.2, 0.25) is 0 Å². The van der Waals surface area contributed by atoms with Crippen LogP contribution in [0.1, 0.15) is 18.6 Å². The number of hydrogen-bond acceptors (Lipinski definition) is 4. The van der Waals surface area contributed by atoms with E-state index in [1.54, 1.807) is 0 Å². The van der Waals surface area contributed by atoms with Crippen molar-refractivity contribution in [2.24, 2.45) is 0 Å². The number of carbonyl (C=O) groups is 1. The Labute approximate surface area is 141 Å². The predicted octanol–water partition coefficient (Wildman–Crippen LogP) is 2.47. The maximum Gasteiger partial charge on any atom is 0.314 e. The molecule has 130 valence electrons. The quantitative estimate of drug-likeness (QED) is 0.729. The zero-order valence-corrected chi connectivity index (χ0v) is 13.8. The maximum atomic E-state index is 11.7. The Kier molecular flexibility index (Phi) is 6.09. The minimum absolute atomic E-state index is 0.188. The first kappa shape index (κ1) is 16.8. The molecule has 0 spiro atoms. The summed E-state index contributed by atoms with van der Waals surface area (Å²) in [7, 11) is 0. The first-order chi connectivity index (χ1) is 11.8. The summed E-state index contributed by atoms with van der Waals surface area (Å²) in [6.07, 6.45) is 3.07. The predicted molar refractivity (Wildman–Crippen MR) is 91.1 cm³/mol. The van der Waals surface area contributed by atoms with Gasteiger partial charge < -0.3 is 24.5 Å². The van der Waals surface area contributed by atoms with Gasteiger partial charge in [-0.1, -0.05) is 18.2 Å². The van der Waals surface area contributed by atoms with Crippen LogP contribution in [0.3, 0.4) is 0 Å². The van der Waals surface area contributed by atoms with Crippen molar-refractivity contribution >= 4 is 17.0 Å². The third-order valence-electron chi connectivity index (χ3n) is 3.99. The second-order valence-corrected chi connectivity index (χ2v) is 5.89. The van der Waals surface area contributed by atoms with Gasteiger partial charge in [-0.25, -0.2) is 4.79 Å². The molecule has 1 aromatic heterocycles. The number of para-hydroxylation sites is 1. The maximum absolute atomic E-state index is 11.7. The molecule has 6 nitrogen and oxygen atoms in total. The summed E-state index contributed by atoms with van der Waals surface area (Å²) >= 11 is 0. The van der Waals surface area contributed by atoms with E-state index in [0.717, 1.165) is 36.2 Å². The van der Waals surface area contributed by atoms with Gasteiger partial charge in [0.15, 0.2) is 0 Å². The van der Waals surface area contributed by atoms with Gasteiger partial charge in [0.1, 0.15) is 11.3 Å². The smallest absolute Gasteiger partial charge is 0.314 e. The van der Waals surface area contributed by atoms with Crippen LogP contribution in [0.25, 0.3) is 11.0 Å². The lowest BCUT2D eigenvalue weighted by molar-refractivity contribution is 0.0188. The number of carbonyl (C=O) groups excluding carboxylic acids is 1. The van der Waals surface area contributed by atoms with E-state index in [0.29, 0.717) is 32.7 Å². The summed E-state index contributed by atoms with van der Waals surface area (Å²) in [5.41, 5.74) is 0.875. The van der Waals surface area contributed by atoms with E-state index < -0.39 is 0 Å². The molecule has 0 aliphatic carbocycles. The van der Waals surface area contributed by atoms with Crippen molar-refractivity contribution in [3.63, 3.8) is 0 Å².